The van der Waals surface area contributed by atoms with Crippen LogP contribution in [0.4, 0.5) is 4.79 Å². The molecule has 0 saturated carbocycles. The zero-order valence-corrected chi connectivity index (χ0v) is 11.8. The molecular formula is C12H14N2O5S. The van der Waals surface area contributed by atoms with Crippen LogP contribution in [0, 0.1) is 0 Å². The summed E-state index contributed by atoms with van der Waals surface area (Å²) in [6, 6.07) is 2.50. The van der Waals surface area contributed by atoms with Crippen molar-refractivity contribution in [1.29, 1.82) is 0 Å². The quantitative estimate of drug-likeness (QED) is 0.629. The van der Waals surface area contributed by atoms with Crippen LogP contribution in [0.15, 0.2) is 21.6 Å². The predicted molar refractivity (Wildman–Crippen MR) is 70.7 cm³/mol. The lowest BCUT2D eigenvalue weighted by molar-refractivity contribution is -0.130. The topological polar surface area (TPSA) is 99.8 Å². The van der Waals surface area contributed by atoms with Crippen LogP contribution in [0.25, 0.3) is 0 Å². The number of rotatable bonds is 5. The fourth-order valence-corrected chi connectivity index (χ4v) is 2.56. The third-order valence-corrected chi connectivity index (χ3v) is 3.69. The molecule has 0 aliphatic carbocycles. The molecule has 3 amide bonds. The van der Waals surface area contributed by atoms with Crippen molar-refractivity contribution in [2.24, 2.45) is 0 Å². The number of thioether (sulfide) groups is 1. The van der Waals surface area contributed by atoms with Gasteiger partial charge in [-0.15, -0.1) is 0 Å². The van der Waals surface area contributed by atoms with Gasteiger partial charge in [0.05, 0.1) is 0 Å². The monoisotopic (exact) mass is 298 g/mol. The van der Waals surface area contributed by atoms with Crippen LogP contribution in [0.1, 0.15) is 24.4 Å². The van der Waals surface area contributed by atoms with Gasteiger partial charge in [0.1, 0.15) is 5.54 Å². The van der Waals surface area contributed by atoms with Crippen LogP contribution < -0.4 is 5.32 Å². The van der Waals surface area contributed by atoms with Gasteiger partial charge in [0.15, 0.2) is 5.09 Å². The molecule has 0 aromatic carbocycles. The minimum Gasteiger partial charge on any atom is -0.475 e. The summed E-state index contributed by atoms with van der Waals surface area (Å²) in [5.41, 5.74) is -0.872. The van der Waals surface area contributed by atoms with Crippen molar-refractivity contribution in [2.45, 2.75) is 24.5 Å². The zero-order valence-electron chi connectivity index (χ0n) is 11.0. The first-order chi connectivity index (χ1) is 9.31. The van der Waals surface area contributed by atoms with E-state index in [9.17, 15) is 14.4 Å². The van der Waals surface area contributed by atoms with Crippen molar-refractivity contribution in [3.63, 3.8) is 0 Å². The second kappa shape index (κ2) is 5.20. The normalized spacial score (nSPS) is 17.4. The lowest BCUT2D eigenvalue weighted by atomic mass is 10.1. The molecule has 0 bridgehead atoms. The Balaban J connectivity index is 1.88. The second-order valence-electron chi connectivity index (χ2n) is 4.78. The van der Waals surface area contributed by atoms with Gasteiger partial charge in [-0.05, 0) is 26.0 Å². The van der Waals surface area contributed by atoms with Crippen molar-refractivity contribution in [2.75, 3.05) is 12.3 Å². The third-order valence-electron chi connectivity index (χ3n) is 2.80. The largest absolute Gasteiger partial charge is 0.475 e. The van der Waals surface area contributed by atoms with Gasteiger partial charge in [-0.25, -0.2) is 9.59 Å². The molecule has 2 N–H and O–H groups in total. The van der Waals surface area contributed by atoms with Crippen LogP contribution in [-0.4, -0.2) is 45.8 Å². The van der Waals surface area contributed by atoms with Gasteiger partial charge < -0.3 is 14.8 Å². The second-order valence-corrected chi connectivity index (χ2v) is 5.88. The standard InChI is InChI=1S/C12H14N2O5S/c1-12(2)10(17)14(11(18)13-12)5-6-20-8-4-3-7(19-8)9(15)16/h3-4H,5-6H2,1-2H3,(H,13,18)(H,15,16). The van der Waals surface area contributed by atoms with E-state index >= 15 is 0 Å². The maximum Gasteiger partial charge on any atom is 0.371 e. The summed E-state index contributed by atoms with van der Waals surface area (Å²) in [5.74, 6) is -1.10. The van der Waals surface area contributed by atoms with E-state index in [2.05, 4.69) is 5.32 Å². The number of amides is 3. The van der Waals surface area contributed by atoms with Gasteiger partial charge in [0, 0.05) is 12.3 Å². The highest BCUT2D eigenvalue weighted by Crippen LogP contribution is 2.22. The van der Waals surface area contributed by atoms with Crippen molar-refractivity contribution in [1.82, 2.24) is 10.2 Å². The van der Waals surface area contributed by atoms with Gasteiger partial charge in [-0.2, -0.15) is 0 Å². The molecule has 0 radical (unpaired) electrons. The minimum atomic E-state index is -1.13. The molecule has 0 spiro atoms. The van der Waals surface area contributed by atoms with E-state index < -0.39 is 17.5 Å². The molecule has 20 heavy (non-hydrogen) atoms. The number of urea groups is 1. The summed E-state index contributed by atoms with van der Waals surface area (Å²) in [5, 5.41) is 11.7. The number of nitrogens with zero attached hydrogens (tertiary/aromatic N) is 1. The van der Waals surface area contributed by atoms with Gasteiger partial charge in [0.2, 0.25) is 5.76 Å². The Bertz CT molecular complexity index is 566. The number of carbonyl (C=O) groups excluding carboxylic acids is 2. The number of furan rings is 1. The molecule has 2 heterocycles. The Kier molecular flexibility index (Phi) is 3.76. The summed E-state index contributed by atoms with van der Waals surface area (Å²) in [4.78, 5) is 35.3. The average Bonchev–Trinajstić information content (AvgIpc) is 2.88. The molecule has 1 aliphatic rings. The molecule has 108 valence electrons. The van der Waals surface area contributed by atoms with Crippen molar-refractivity contribution >= 4 is 29.7 Å². The van der Waals surface area contributed by atoms with Gasteiger partial charge in [0.25, 0.3) is 5.91 Å². The first-order valence-electron chi connectivity index (χ1n) is 5.91. The number of nitrogens with one attached hydrogen (secondary N) is 1. The predicted octanol–water partition coefficient (Wildman–Crippen LogP) is 1.40. The van der Waals surface area contributed by atoms with E-state index in [0.29, 0.717) is 10.8 Å². The van der Waals surface area contributed by atoms with Crippen LogP contribution in [-0.2, 0) is 4.79 Å². The maximum absolute atomic E-state index is 11.9. The fraction of sp³-hybridized carbons (Fsp3) is 0.417. The molecule has 1 aromatic rings. The van der Waals surface area contributed by atoms with E-state index in [1.165, 1.54) is 17.8 Å². The first-order valence-corrected chi connectivity index (χ1v) is 6.90. The molecule has 8 heteroatoms. The van der Waals surface area contributed by atoms with E-state index in [1.54, 1.807) is 19.9 Å². The Labute approximate surface area is 119 Å². The highest BCUT2D eigenvalue weighted by Gasteiger charge is 2.43. The number of hydrogen-bond acceptors (Lipinski definition) is 5. The average molecular weight is 298 g/mol. The van der Waals surface area contributed by atoms with Crippen molar-refractivity contribution < 1.29 is 23.9 Å². The summed E-state index contributed by atoms with van der Waals surface area (Å²) >= 11 is 1.25. The molecule has 1 fully saturated rings. The van der Waals surface area contributed by atoms with E-state index in [-0.39, 0.29) is 18.2 Å². The van der Waals surface area contributed by atoms with Crippen molar-refractivity contribution in [3.8, 4) is 0 Å². The van der Waals surface area contributed by atoms with Gasteiger partial charge in [-0.1, -0.05) is 11.8 Å². The number of hydrogen-bond donors (Lipinski definition) is 2. The highest BCUT2D eigenvalue weighted by molar-refractivity contribution is 7.99. The molecule has 1 saturated heterocycles. The Morgan fingerprint density at radius 2 is 2.15 bits per heavy atom. The first kappa shape index (κ1) is 14.4. The van der Waals surface area contributed by atoms with Crippen LogP contribution >= 0.6 is 11.8 Å². The number of carboxylic acid groups (broad SMARTS) is 1. The smallest absolute Gasteiger partial charge is 0.371 e. The summed E-state index contributed by atoms with van der Waals surface area (Å²) in [6.45, 7) is 3.53. The van der Waals surface area contributed by atoms with Crippen LogP contribution in [0.2, 0.25) is 0 Å². The molecule has 0 atom stereocenters. The lowest BCUT2D eigenvalue weighted by Gasteiger charge is -2.15. The number of carboxylic acids is 1. The van der Waals surface area contributed by atoms with E-state index in [4.69, 9.17) is 9.52 Å². The Morgan fingerprint density at radius 1 is 1.45 bits per heavy atom. The highest BCUT2D eigenvalue weighted by atomic mass is 32.2. The summed E-state index contributed by atoms with van der Waals surface area (Å²) in [6.07, 6.45) is 0. The number of imide groups is 1. The Hall–Kier alpha value is -1.96. The number of carbonyl (C=O) groups is 3. The molecule has 2 rings (SSSR count). The van der Waals surface area contributed by atoms with Gasteiger partial charge in [-0.3, -0.25) is 9.69 Å². The van der Waals surface area contributed by atoms with E-state index in [0.717, 1.165) is 4.90 Å². The van der Waals surface area contributed by atoms with E-state index in [1.807, 2.05) is 0 Å². The maximum atomic E-state index is 11.9. The zero-order chi connectivity index (χ0) is 14.9. The molecular weight excluding hydrogens is 284 g/mol. The molecule has 7 nitrogen and oxygen atoms in total. The minimum absolute atomic E-state index is 0.136. The lowest BCUT2D eigenvalue weighted by Crippen LogP contribution is -2.40. The fourth-order valence-electron chi connectivity index (χ4n) is 1.77. The van der Waals surface area contributed by atoms with Crippen LogP contribution in [0.3, 0.4) is 0 Å². The number of aromatic carboxylic acids is 1. The summed E-state index contributed by atoms with van der Waals surface area (Å²) in [7, 11) is 0. The van der Waals surface area contributed by atoms with Gasteiger partial charge >= 0.3 is 12.0 Å². The summed E-state index contributed by atoms with van der Waals surface area (Å²) < 4.78 is 5.06. The third kappa shape index (κ3) is 2.79. The molecule has 1 aliphatic heterocycles. The van der Waals surface area contributed by atoms with Crippen LogP contribution in [0.5, 0.6) is 0 Å². The Morgan fingerprint density at radius 3 is 2.65 bits per heavy atom. The van der Waals surface area contributed by atoms with Crippen molar-refractivity contribution in [3.05, 3.63) is 17.9 Å². The molecule has 1 aromatic heterocycles. The SMILES string of the molecule is CC1(C)NC(=O)N(CCSc2ccc(C(=O)O)o2)C1=O. The molecule has 0 unspecified atom stereocenters.